The van der Waals surface area contributed by atoms with Crippen molar-refractivity contribution in [2.75, 3.05) is 23.0 Å². The summed E-state index contributed by atoms with van der Waals surface area (Å²) in [6.07, 6.45) is 8.89. The molecule has 0 saturated heterocycles. The molecule has 106 valence electrons. The van der Waals surface area contributed by atoms with Crippen LogP contribution in [-0.2, 0) is 20.6 Å². The van der Waals surface area contributed by atoms with Crippen LogP contribution in [-0.4, -0.2) is 35.6 Å². The normalized spacial score (nSPS) is 19.7. The molecule has 0 radical (unpaired) electrons. The van der Waals surface area contributed by atoms with E-state index in [1.54, 1.807) is 6.08 Å². The molecule has 1 rings (SSSR count). The summed E-state index contributed by atoms with van der Waals surface area (Å²) in [5.41, 5.74) is 0.847. The van der Waals surface area contributed by atoms with E-state index in [2.05, 4.69) is 6.92 Å². The highest BCUT2D eigenvalue weighted by Crippen LogP contribution is 2.13. The highest BCUT2D eigenvalue weighted by molar-refractivity contribution is 7.92. The smallest absolute Gasteiger partial charge is 0.157 e. The number of sulfone groups is 1. The van der Waals surface area contributed by atoms with E-state index in [-0.39, 0.29) is 11.5 Å². The molecule has 0 saturated carbocycles. The summed E-state index contributed by atoms with van der Waals surface area (Å²) < 4.78 is 34.2. The highest BCUT2D eigenvalue weighted by atomic mass is 32.2. The SMILES string of the molecule is CCCCCCCCS(=O)CC1=CCS(=O)(=O)C1. The maximum atomic E-state index is 11.8. The Morgan fingerprint density at radius 3 is 2.44 bits per heavy atom. The van der Waals surface area contributed by atoms with Crippen LogP contribution in [0.15, 0.2) is 11.6 Å². The van der Waals surface area contributed by atoms with Gasteiger partial charge in [-0.1, -0.05) is 45.1 Å². The van der Waals surface area contributed by atoms with Crippen LogP contribution in [0, 0.1) is 0 Å². The van der Waals surface area contributed by atoms with Gasteiger partial charge < -0.3 is 0 Å². The summed E-state index contributed by atoms with van der Waals surface area (Å²) >= 11 is 0. The fourth-order valence-corrected chi connectivity index (χ4v) is 4.89. The number of hydrogen-bond donors (Lipinski definition) is 0. The molecule has 3 nitrogen and oxygen atoms in total. The minimum atomic E-state index is -2.90. The van der Waals surface area contributed by atoms with Crippen LogP contribution in [0.5, 0.6) is 0 Å². The van der Waals surface area contributed by atoms with E-state index in [0.29, 0.717) is 11.5 Å². The highest BCUT2D eigenvalue weighted by Gasteiger charge is 2.20. The molecule has 1 unspecified atom stereocenters. The standard InChI is InChI=1S/C13H24O3S2/c1-2-3-4-5-6-7-9-17(14)11-13-8-10-18(15,16)12-13/h8H,2-7,9-12H2,1H3. The van der Waals surface area contributed by atoms with Crippen LogP contribution in [0.4, 0.5) is 0 Å². The van der Waals surface area contributed by atoms with Crippen LogP contribution < -0.4 is 0 Å². The predicted molar refractivity (Wildman–Crippen MR) is 78.0 cm³/mol. The lowest BCUT2D eigenvalue weighted by Crippen LogP contribution is -2.09. The third-order valence-corrected chi connectivity index (χ3v) is 6.03. The monoisotopic (exact) mass is 292 g/mol. The van der Waals surface area contributed by atoms with E-state index in [9.17, 15) is 12.6 Å². The Bertz CT molecular complexity index is 396. The second-order valence-corrected chi connectivity index (χ2v) is 8.66. The van der Waals surface area contributed by atoms with Crippen LogP contribution in [0.25, 0.3) is 0 Å². The van der Waals surface area contributed by atoms with Crippen molar-refractivity contribution in [2.24, 2.45) is 0 Å². The first-order valence-corrected chi connectivity index (χ1v) is 10.1. The van der Waals surface area contributed by atoms with Crippen LogP contribution in [0.3, 0.4) is 0 Å². The minimum absolute atomic E-state index is 0.120. The first-order valence-electron chi connectivity index (χ1n) is 6.77. The van der Waals surface area contributed by atoms with Gasteiger partial charge in [-0.2, -0.15) is 0 Å². The Balaban J connectivity index is 2.08. The minimum Gasteiger partial charge on any atom is -0.259 e. The van der Waals surface area contributed by atoms with Gasteiger partial charge in [-0.15, -0.1) is 0 Å². The summed E-state index contributed by atoms with van der Waals surface area (Å²) in [5.74, 6) is 1.42. The van der Waals surface area contributed by atoms with Crippen LogP contribution in [0.2, 0.25) is 0 Å². The van der Waals surface area contributed by atoms with Gasteiger partial charge in [0.25, 0.3) is 0 Å². The molecule has 1 aliphatic heterocycles. The molecule has 0 aromatic rings. The quantitative estimate of drug-likeness (QED) is 0.484. The Kier molecular flexibility index (Phi) is 7.15. The fourth-order valence-electron chi connectivity index (χ4n) is 2.07. The molecule has 0 aliphatic carbocycles. The molecule has 1 heterocycles. The van der Waals surface area contributed by atoms with Crippen molar-refractivity contribution in [1.29, 1.82) is 0 Å². The van der Waals surface area contributed by atoms with Gasteiger partial charge >= 0.3 is 0 Å². The number of hydrogen-bond acceptors (Lipinski definition) is 3. The Morgan fingerprint density at radius 1 is 1.17 bits per heavy atom. The lowest BCUT2D eigenvalue weighted by atomic mass is 10.1. The summed E-state index contributed by atoms with van der Waals surface area (Å²) in [7, 11) is -3.79. The Labute approximate surface area is 113 Å². The Hall–Kier alpha value is -0.160. The molecule has 0 aromatic carbocycles. The van der Waals surface area contributed by atoms with Gasteiger partial charge in [0.05, 0.1) is 11.5 Å². The Morgan fingerprint density at radius 2 is 1.83 bits per heavy atom. The number of rotatable bonds is 9. The zero-order chi connectivity index (χ0) is 13.4. The van der Waals surface area contributed by atoms with Crippen molar-refractivity contribution in [3.8, 4) is 0 Å². The molecule has 0 bridgehead atoms. The van der Waals surface area contributed by atoms with Gasteiger partial charge in [-0.05, 0) is 12.0 Å². The fraction of sp³-hybridized carbons (Fsp3) is 0.846. The van der Waals surface area contributed by atoms with E-state index in [0.717, 1.165) is 18.4 Å². The van der Waals surface area contributed by atoms with E-state index in [1.807, 2.05) is 0 Å². The number of unbranched alkanes of at least 4 members (excludes halogenated alkanes) is 5. The zero-order valence-corrected chi connectivity index (χ0v) is 12.8. The molecular formula is C13H24O3S2. The van der Waals surface area contributed by atoms with Gasteiger partial charge in [0.15, 0.2) is 9.84 Å². The first-order chi connectivity index (χ1) is 8.53. The van der Waals surface area contributed by atoms with Crippen molar-refractivity contribution in [3.05, 3.63) is 11.6 Å². The average Bonchev–Trinajstić information content (AvgIpc) is 2.63. The van der Waals surface area contributed by atoms with Gasteiger partial charge in [0, 0.05) is 22.3 Å². The molecule has 0 N–H and O–H groups in total. The maximum absolute atomic E-state index is 11.8. The van der Waals surface area contributed by atoms with Gasteiger partial charge in [0.1, 0.15) is 0 Å². The second-order valence-electron chi connectivity index (χ2n) is 4.97. The topological polar surface area (TPSA) is 51.2 Å². The zero-order valence-electron chi connectivity index (χ0n) is 11.2. The average molecular weight is 292 g/mol. The summed E-state index contributed by atoms with van der Waals surface area (Å²) in [5, 5.41) is 0. The predicted octanol–water partition coefficient (Wildman–Crippen LogP) is 2.45. The van der Waals surface area contributed by atoms with E-state index in [1.165, 1.54) is 25.7 Å². The summed E-state index contributed by atoms with van der Waals surface area (Å²) in [4.78, 5) is 0. The van der Waals surface area contributed by atoms with Crippen molar-refractivity contribution >= 4 is 20.6 Å². The lowest BCUT2D eigenvalue weighted by molar-refractivity contribution is 0.603. The second kappa shape index (κ2) is 8.10. The third kappa shape index (κ3) is 6.69. The lowest BCUT2D eigenvalue weighted by Gasteiger charge is -2.03. The molecule has 0 spiro atoms. The molecule has 0 fully saturated rings. The van der Waals surface area contributed by atoms with Gasteiger partial charge in [-0.25, -0.2) is 8.42 Å². The van der Waals surface area contributed by atoms with Crippen molar-refractivity contribution < 1.29 is 12.6 Å². The van der Waals surface area contributed by atoms with Crippen LogP contribution >= 0.6 is 0 Å². The van der Waals surface area contributed by atoms with Crippen LogP contribution in [0.1, 0.15) is 45.4 Å². The molecule has 1 aliphatic rings. The van der Waals surface area contributed by atoms with E-state index >= 15 is 0 Å². The maximum Gasteiger partial charge on any atom is 0.157 e. The van der Waals surface area contributed by atoms with E-state index in [4.69, 9.17) is 0 Å². The van der Waals surface area contributed by atoms with Crippen molar-refractivity contribution in [2.45, 2.75) is 45.4 Å². The largest absolute Gasteiger partial charge is 0.259 e. The van der Waals surface area contributed by atoms with E-state index < -0.39 is 20.6 Å². The molecular weight excluding hydrogens is 268 g/mol. The molecule has 0 aromatic heterocycles. The molecule has 5 heteroatoms. The molecule has 1 atom stereocenters. The van der Waals surface area contributed by atoms with Gasteiger partial charge in [-0.3, -0.25) is 4.21 Å². The summed E-state index contributed by atoms with van der Waals surface area (Å²) in [6, 6.07) is 0. The third-order valence-electron chi connectivity index (χ3n) is 3.10. The van der Waals surface area contributed by atoms with Crippen molar-refractivity contribution in [1.82, 2.24) is 0 Å². The summed E-state index contributed by atoms with van der Waals surface area (Å²) in [6.45, 7) is 2.19. The molecule has 18 heavy (non-hydrogen) atoms. The molecule has 0 amide bonds. The van der Waals surface area contributed by atoms with Crippen molar-refractivity contribution in [3.63, 3.8) is 0 Å². The van der Waals surface area contributed by atoms with Gasteiger partial charge in [0.2, 0.25) is 0 Å². The first kappa shape index (κ1) is 15.9.